The summed E-state index contributed by atoms with van der Waals surface area (Å²) in [6.07, 6.45) is 3.17. The van der Waals surface area contributed by atoms with Crippen LogP contribution in [-0.4, -0.2) is 28.3 Å². The summed E-state index contributed by atoms with van der Waals surface area (Å²) < 4.78 is 2.18. The zero-order valence-corrected chi connectivity index (χ0v) is 8.68. The molecule has 0 bridgehead atoms. The van der Waals surface area contributed by atoms with E-state index in [-0.39, 0.29) is 0 Å². The Morgan fingerprint density at radius 2 is 2.69 bits per heavy atom. The smallest absolute Gasteiger partial charge is 0.0621 e. The second-order valence-electron chi connectivity index (χ2n) is 3.31. The van der Waals surface area contributed by atoms with Crippen LogP contribution >= 0.6 is 11.8 Å². The van der Waals surface area contributed by atoms with Gasteiger partial charge in [-0.2, -0.15) is 16.9 Å². The standard InChI is InChI=1S/C9H15N3S/c1-10-6-8-2-4-11-12(8)9-3-5-13-7-9/h2,4,9-10H,3,5-7H2,1H3. The van der Waals surface area contributed by atoms with Crippen LogP contribution in [0.1, 0.15) is 18.2 Å². The van der Waals surface area contributed by atoms with Crippen molar-refractivity contribution in [3.63, 3.8) is 0 Å². The van der Waals surface area contributed by atoms with Gasteiger partial charge in [0, 0.05) is 18.5 Å². The molecule has 0 radical (unpaired) electrons. The zero-order valence-electron chi connectivity index (χ0n) is 7.86. The normalized spacial score (nSPS) is 22.4. The van der Waals surface area contributed by atoms with Gasteiger partial charge in [0.2, 0.25) is 0 Å². The summed E-state index contributed by atoms with van der Waals surface area (Å²) in [7, 11) is 1.97. The first-order valence-electron chi connectivity index (χ1n) is 4.66. The fourth-order valence-corrected chi connectivity index (χ4v) is 2.89. The number of aromatic nitrogens is 2. The number of nitrogens with one attached hydrogen (secondary N) is 1. The molecule has 1 atom stereocenters. The molecule has 13 heavy (non-hydrogen) atoms. The van der Waals surface area contributed by atoms with Gasteiger partial charge in [0.05, 0.1) is 11.7 Å². The van der Waals surface area contributed by atoms with E-state index in [2.05, 4.69) is 21.2 Å². The van der Waals surface area contributed by atoms with Crippen molar-refractivity contribution in [1.29, 1.82) is 0 Å². The second kappa shape index (κ2) is 4.15. The molecule has 0 aliphatic carbocycles. The Bertz CT molecular complexity index is 266. The van der Waals surface area contributed by atoms with E-state index in [1.807, 2.05) is 25.0 Å². The molecule has 4 heteroatoms. The fourth-order valence-electron chi connectivity index (χ4n) is 1.71. The van der Waals surface area contributed by atoms with E-state index >= 15 is 0 Å². The van der Waals surface area contributed by atoms with Crippen LogP contribution in [-0.2, 0) is 6.54 Å². The lowest BCUT2D eigenvalue weighted by molar-refractivity contribution is 0.476. The van der Waals surface area contributed by atoms with Crippen LogP contribution in [0.3, 0.4) is 0 Å². The largest absolute Gasteiger partial charge is 0.314 e. The Balaban J connectivity index is 2.13. The van der Waals surface area contributed by atoms with Crippen LogP contribution in [0.2, 0.25) is 0 Å². The second-order valence-corrected chi connectivity index (χ2v) is 4.46. The molecule has 0 aromatic carbocycles. The molecule has 2 heterocycles. The highest BCUT2D eigenvalue weighted by atomic mass is 32.2. The van der Waals surface area contributed by atoms with Gasteiger partial charge in [0.1, 0.15) is 0 Å². The predicted molar refractivity (Wildman–Crippen MR) is 56.0 cm³/mol. The Morgan fingerprint density at radius 3 is 3.38 bits per heavy atom. The van der Waals surface area contributed by atoms with Crippen molar-refractivity contribution in [2.45, 2.75) is 19.0 Å². The molecule has 0 amide bonds. The van der Waals surface area contributed by atoms with E-state index in [1.165, 1.54) is 23.6 Å². The van der Waals surface area contributed by atoms with Gasteiger partial charge < -0.3 is 5.32 Å². The molecule has 1 aromatic heterocycles. The van der Waals surface area contributed by atoms with E-state index in [1.54, 1.807) is 0 Å². The van der Waals surface area contributed by atoms with Crippen molar-refractivity contribution in [2.24, 2.45) is 0 Å². The molecule has 1 aliphatic rings. The topological polar surface area (TPSA) is 29.9 Å². The van der Waals surface area contributed by atoms with Gasteiger partial charge in [0.15, 0.2) is 0 Å². The van der Waals surface area contributed by atoms with Crippen molar-refractivity contribution in [3.8, 4) is 0 Å². The summed E-state index contributed by atoms with van der Waals surface area (Å²) in [6.45, 7) is 0.918. The Hall–Kier alpha value is -0.480. The van der Waals surface area contributed by atoms with Crippen LogP contribution in [0.15, 0.2) is 12.3 Å². The van der Waals surface area contributed by atoms with E-state index in [4.69, 9.17) is 0 Å². The molecule has 1 saturated heterocycles. The van der Waals surface area contributed by atoms with Gasteiger partial charge in [-0.15, -0.1) is 0 Å². The molecule has 0 spiro atoms. The maximum absolute atomic E-state index is 4.38. The molecule has 1 N–H and O–H groups in total. The van der Waals surface area contributed by atoms with Crippen LogP contribution in [0.5, 0.6) is 0 Å². The van der Waals surface area contributed by atoms with Gasteiger partial charge in [0.25, 0.3) is 0 Å². The third kappa shape index (κ3) is 1.89. The number of thioether (sulfide) groups is 1. The van der Waals surface area contributed by atoms with Gasteiger partial charge in [-0.3, -0.25) is 4.68 Å². The third-order valence-corrected chi connectivity index (χ3v) is 3.51. The summed E-state index contributed by atoms with van der Waals surface area (Å²) in [5.74, 6) is 2.50. The molecule has 3 nitrogen and oxygen atoms in total. The van der Waals surface area contributed by atoms with Crippen LogP contribution in [0.25, 0.3) is 0 Å². The van der Waals surface area contributed by atoms with Gasteiger partial charge in [-0.25, -0.2) is 0 Å². The van der Waals surface area contributed by atoms with Gasteiger partial charge >= 0.3 is 0 Å². The average molecular weight is 197 g/mol. The Labute approximate surface area is 82.9 Å². The first kappa shape index (κ1) is 9.09. The van der Waals surface area contributed by atoms with Crippen LogP contribution in [0.4, 0.5) is 0 Å². The molecule has 1 aliphatic heterocycles. The van der Waals surface area contributed by atoms with Crippen LogP contribution < -0.4 is 5.32 Å². The van der Waals surface area contributed by atoms with Crippen molar-refractivity contribution in [2.75, 3.05) is 18.6 Å². The van der Waals surface area contributed by atoms with Gasteiger partial charge in [-0.1, -0.05) is 0 Å². The number of rotatable bonds is 3. The minimum absolute atomic E-state index is 0.628. The molecule has 0 saturated carbocycles. The number of hydrogen-bond acceptors (Lipinski definition) is 3. The lowest BCUT2D eigenvalue weighted by Crippen LogP contribution is -2.16. The summed E-state index contributed by atoms with van der Waals surface area (Å²) in [5, 5.41) is 7.55. The highest BCUT2D eigenvalue weighted by molar-refractivity contribution is 7.99. The molecular weight excluding hydrogens is 182 g/mol. The van der Waals surface area contributed by atoms with E-state index < -0.39 is 0 Å². The lowest BCUT2D eigenvalue weighted by atomic mass is 10.2. The molecular formula is C9H15N3S. The maximum Gasteiger partial charge on any atom is 0.0621 e. The quantitative estimate of drug-likeness (QED) is 0.791. The van der Waals surface area contributed by atoms with E-state index in [0.29, 0.717) is 6.04 Å². The van der Waals surface area contributed by atoms with E-state index in [9.17, 15) is 0 Å². The number of nitrogens with zero attached hydrogens (tertiary/aromatic N) is 2. The van der Waals surface area contributed by atoms with Gasteiger partial charge in [-0.05, 0) is 25.3 Å². The highest BCUT2D eigenvalue weighted by Crippen LogP contribution is 2.28. The summed E-state index contributed by atoms with van der Waals surface area (Å²) in [6, 6.07) is 2.72. The average Bonchev–Trinajstić information content (AvgIpc) is 2.71. The first-order valence-corrected chi connectivity index (χ1v) is 5.82. The SMILES string of the molecule is CNCc1ccnn1C1CCSC1. The fraction of sp³-hybridized carbons (Fsp3) is 0.667. The first-order chi connectivity index (χ1) is 6.42. The monoisotopic (exact) mass is 197 g/mol. The van der Waals surface area contributed by atoms with Crippen LogP contribution in [0, 0.1) is 0 Å². The van der Waals surface area contributed by atoms with Crippen molar-refractivity contribution < 1.29 is 0 Å². The zero-order chi connectivity index (χ0) is 9.10. The Morgan fingerprint density at radius 1 is 1.77 bits per heavy atom. The van der Waals surface area contributed by atoms with Crippen molar-refractivity contribution >= 4 is 11.8 Å². The minimum Gasteiger partial charge on any atom is -0.314 e. The lowest BCUT2D eigenvalue weighted by Gasteiger charge is -2.12. The molecule has 1 unspecified atom stereocenters. The maximum atomic E-state index is 4.38. The molecule has 1 aromatic rings. The van der Waals surface area contributed by atoms with Crippen molar-refractivity contribution in [1.82, 2.24) is 15.1 Å². The number of hydrogen-bond donors (Lipinski definition) is 1. The van der Waals surface area contributed by atoms with Crippen molar-refractivity contribution in [3.05, 3.63) is 18.0 Å². The third-order valence-electron chi connectivity index (χ3n) is 2.36. The summed E-state index contributed by atoms with van der Waals surface area (Å²) >= 11 is 2.03. The van der Waals surface area contributed by atoms with E-state index in [0.717, 1.165) is 6.54 Å². The summed E-state index contributed by atoms with van der Waals surface area (Å²) in [5.41, 5.74) is 1.30. The highest BCUT2D eigenvalue weighted by Gasteiger charge is 2.19. The minimum atomic E-state index is 0.628. The summed E-state index contributed by atoms with van der Waals surface area (Å²) in [4.78, 5) is 0. The molecule has 72 valence electrons. The molecule has 1 fully saturated rings. The predicted octanol–water partition coefficient (Wildman–Crippen LogP) is 1.28. The Kier molecular flexibility index (Phi) is 2.90. The molecule has 2 rings (SSSR count).